The van der Waals surface area contributed by atoms with Crippen molar-refractivity contribution in [1.29, 1.82) is 0 Å². The van der Waals surface area contributed by atoms with Gasteiger partial charge in [-0.25, -0.2) is 0 Å². The topological polar surface area (TPSA) is 85.3 Å². The fourth-order valence-corrected chi connectivity index (χ4v) is 7.96. The van der Waals surface area contributed by atoms with Crippen molar-refractivity contribution in [2.75, 3.05) is 13.1 Å². The zero-order valence-electron chi connectivity index (χ0n) is 19.3. The third-order valence-corrected chi connectivity index (χ3v) is 9.65. The standard InChI is InChI=1S/C27H29N3O4/c1-14-3-2-9-30-21-17(25(32)28-24(14)30)12-27(33)19-11-16-6-7-18(31)22-20(16)26(27,23(21)34-22)8-10-29(19)13-15-4-5-15/h2-3,6-7,9,15,19,23-24,31,33H,4-5,8,10-13H2,1H3,(H,28,32)/t19-,23+,24?,26+,27-/m1/s1. The highest BCUT2D eigenvalue weighted by molar-refractivity contribution is 5.97. The van der Waals surface area contributed by atoms with Gasteiger partial charge in [0, 0.05) is 36.3 Å². The number of aliphatic hydroxyl groups is 1. The number of nitrogens with zero attached hydrogens (tertiary/aromatic N) is 2. The first-order valence-electron chi connectivity index (χ1n) is 12.6. The number of fused-ring (bicyclic) bond motifs is 3. The van der Waals surface area contributed by atoms with Crippen molar-refractivity contribution in [3.8, 4) is 11.5 Å². The number of nitrogens with one attached hydrogen (secondary N) is 1. The zero-order valence-corrected chi connectivity index (χ0v) is 19.3. The van der Waals surface area contributed by atoms with Gasteiger partial charge in [0.2, 0.25) is 0 Å². The van der Waals surface area contributed by atoms with Gasteiger partial charge < -0.3 is 25.2 Å². The van der Waals surface area contributed by atoms with Gasteiger partial charge in [-0.1, -0.05) is 12.1 Å². The summed E-state index contributed by atoms with van der Waals surface area (Å²) >= 11 is 0. The Bertz CT molecular complexity index is 1260. The van der Waals surface area contributed by atoms with Crippen LogP contribution in [0.25, 0.3) is 0 Å². The summed E-state index contributed by atoms with van der Waals surface area (Å²) in [6.07, 6.45) is 9.54. The number of hydrogen-bond acceptors (Lipinski definition) is 6. The van der Waals surface area contributed by atoms with Gasteiger partial charge in [-0.2, -0.15) is 0 Å². The van der Waals surface area contributed by atoms with Crippen molar-refractivity contribution in [3.05, 3.63) is 58.5 Å². The van der Waals surface area contributed by atoms with E-state index in [0.29, 0.717) is 24.2 Å². The van der Waals surface area contributed by atoms with E-state index in [1.165, 1.54) is 12.8 Å². The van der Waals surface area contributed by atoms with Crippen LogP contribution in [0.2, 0.25) is 0 Å². The predicted molar refractivity (Wildman–Crippen MR) is 124 cm³/mol. The lowest BCUT2D eigenvalue weighted by molar-refractivity contribution is -0.172. The molecule has 7 nitrogen and oxygen atoms in total. The second-order valence-corrected chi connectivity index (χ2v) is 11.3. The average molecular weight is 460 g/mol. The molecule has 1 saturated heterocycles. The van der Waals surface area contributed by atoms with Crippen LogP contribution in [0.1, 0.15) is 43.7 Å². The number of amides is 1. The van der Waals surface area contributed by atoms with E-state index in [0.717, 1.165) is 47.8 Å². The van der Waals surface area contributed by atoms with Crippen molar-refractivity contribution in [1.82, 2.24) is 15.1 Å². The van der Waals surface area contributed by atoms with Crippen LogP contribution in [-0.4, -0.2) is 62.9 Å². The zero-order chi connectivity index (χ0) is 23.0. The number of phenolic OH excluding ortho intramolecular Hbond substituents is 1. The van der Waals surface area contributed by atoms with Crippen LogP contribution in [0, 0.1) is 5.92 Å². The highest BCUT2D eigenvalue weighted by Crippen LogP contribution is 2.67. The largest absolute Gasteiger partial charge is 0.504 e. The van der Waals surface area contributed by atoms with Crippen LogP contribution in [0.4, 0.5) is 0 Å². The quantitative estimate of drug-likeness (QED) is 0.628. The number of carbonyl (C=O) groups is 1. The molecule has 4 heterocycles. The highest BCUT2D eigenvalue weighted by atomic mass is 16.5. The summed E-state index contributed by atoms with van der Waals surface area (Å²) in [7, 11) is 0. The third-order valence-electron chi connectivity index (χ3n) is 9.65. The Morgan fingerprint density at radius 1 is 1.29 bits per heavy atom. The van der Waals surface area contributed by atoms with Crippen LogP contribution in [0.3, 0.4) is 0 Å². The van der Waals surface area contributed by atoms with E-state index in [-0.39, 0.29) is 23.9 Å². The molecule has 1 amide bonds. The summed E-state index contributed by atoms with van der Waals surface area (Å²) in [5, 5.41) is 26.7. The number of hydrogen-bond donors (Lipinski definition) is 3. The first-order chi connectivity index (χ1) is 16.4. The van der Waals surface area contributed by atoms with Crippen molar-refractivity contribution >= 4 is 5.91 Å². The molecule has 3 N–H and O–H groups in total. The second-order valence-electron chi connectivity index (χ2n) is 11.3. The minimum Gasteiger partial charge on any atom is -0.504 e. The fourth-order valence-electron chi connectivity index (χ4n) is 7.96. The Hall–Kier alpha value is -2.77. The fraction of sp³-hybridized carbons (Fsp3) is 0.519. The lowest BCUT2D eigenvalue weighted by Gasteiger charge is -2.64. The number of ether oxygens (including phenoxy) is 1. The summed E-state index contributed by atoms with van der Waals surface area (Å²) in [4.78, 5) is 18.1. The molecule has 5 atom stereocenters. The molecule has 176 valence electrons. The molecule has 2 fully saturated rings. The SMILES string of the molecule is CC1=CC=CN2C3=C(C[C@@]4(O)[C@H]5Cc6ccc(O)c7c6[C@@]4(CCN5CC4CC4)[C@H]3O7)C(=O)NC12. The van der Waals surface area contributed by atoms with E-state index < -0.39 is 17.1 Å². The molecule has 1 aromatic rings. The van der Waals surface area contributed by atoms with Crippen molar-refractivity contribution in [3.63, 3.8) is 0 Å². The first-order valence-corrected chi connectivity index (χ1v) is 12.6. The Balaban J connectivity index is 1.37. The maximum Gasteiger partial charge on any atom is 0.251 e. The van der Waals surface area contributed by atoms with Gasteiger partial charge in [0.15, 0.2) is 17.6 Å². The molecular formula is C27H29N3O4. The minimum absolute atomic E-state index is 0.0750. The Morgan fingerprint density at radius 3 is 2.97 bits per heavy atom. The molecule has 0 radical (unpaired) electrons. The van der Waals surface area contributed by atoms with E-state index in [1.807, 2.05) is 31.3 Å². The second kappa shape index (κ2) is 6.07. The molecule has 7 aliphatic rings. The van der Waals surface area contributed by atoms with Gasteiger partial charge in [0.1, 0.15) is 6.17 Å². The Labute approximate surface area is 198 Å². The lowest BCUT2D eigenvalue weighted by Crippen LogP contribution is -2.77. The summed E-state index contributed by atoms with van der Waals surface area (Å²) in [5.41, 5.74) is 2.85. The van der Waals surface area contributed by atoms with Crippen molar-refractivity contribution in [2.45, 2.75) is 68.4 Å². The smallest absolute Gasteiger partial charge is 0.251 e. The number of phenols is 1. The maximum absolute atomic E-state index is 13.5. The number of carbonyl (C=O) groups excluding carboxylic acids is 1. The number of likely N-dealkylation sites (tertiary alicyclic amines) is 1. The highest BCUT2D eigenvalue weighted by Gasteiger charge is 2.74. The molecule has 1 aromatic carbocycles. The van der Waals surface area contributed by atoms with Gasteiger partial charge in [-0.15, -0.1) is 0 Å². The molecule has 4 aliphatic heterocycles. The Kier molecular flexibility index (Phi) is 3.49. The number of benzene rings is 1. The van der Waals surface area contributed by atoms with Crippen molar-refractivity contribution < 1.29 is 19.7 Å². The maximum atomic E-state index is 13.5. The molecule has 1 spiro atoms. The lowest BCUT2D eigenvalue weighted by atomic mass is 9.48. The molecule has 1 unspecified atom stereocenters. The molecule has 7 heteroatoms. The monoisotopic (exact) mass is 459 g/mol. The molecule has 2 bridgehead atoms. The molecule has 0 aromatic heterocycles. The van der Waals surface area contributed by atoms with Crippen LogP contribution in [0.5, 0.6) is 11.5 Å². The Morgan fingerprint density at radius 2 is 2.15 bits per heavy atom. The molecule has 8 rings (SSSR count). The van der Waals surface area contributed by atoms with Gasteiger partial charge >= 0.3 is 0 Å². The normalized spacial score (nSPS) is 39.1. The van der Waals surface area contributed by atoms with E-state index in [2.05, 4.69) is 15.1 Å². The van der Waals surface area contributed by atoms with E-state index in [4.69, 9.17) is 4.74 Å². The van der Waals surface area contributed by atoms with Crippen LogP contribution in [-0.2, 0) is 16.6 Å². The summed E-state index contributed by atoms with van der Waals surface area (Å²) < 4.78 is 6.64. The average Bonchev–Trinajstić information content (AvgIpc) is 3.55. The van der Waals surface area contributed by atoms with Gasteiger partial charge in [0.05, 0.1) is 16.7 Å². The van der Waals surface area contributed by atoms with Gasteiger partial charge in [-0.05, 0) is 68.3 Å². The van der Waals surface area contributed by atoms with E-state index in [9.17, 15) is 15.0 Å². The van der Waals surface area contributed by atoms with Gasteiger partial charge in [0.25, 0.3) is 5.91 Å². The molecule has 34 heavy (non-hydrogen) atoms. The minimum atomic E-state index is -1.13. The molecule has 3 aliphatic carbocycles. The molecule has 1 saturated carbocycles. The number of allylic oxidation sites excluding steroid dienone is 2. The predicted octanol–water partition coefficient (Wildman–Crippen LogP) is 2.05. The third kappa shape index (κ3) is 2.10. The summed E-state index contributed by atoms with van der Waals surface area (Å²) in [6, 6.07) is 3.67. The molecular weight excluding hydrogens is 430 g/mol. The van der Waals surface area contributed by atoms with Crippen LogP contribution in [0.15, 0.2) is 47.3 Å². The van der Waals surface area contributed by atoms with Crippen molar-refractivity contribution in [2.24, 2.45) is 5.92 Å². The number of aromatic hydroxyl groups is 1. The number of rotatable bonds is 2. The van der Waals surface area contributed by atoms with Gasteiger partial charge in [-0.3, -0.25) is 9.69 Å². The summed E-state index contributed by atoms with van der Waals surface area (Å²) in [6.45, 7) is 3.92. The van der Waals surface area contributed by atoms with Crippen LogP contribution >= 0.6 is 0 Å². The van der Waals surface area contributed by atoms with E-state index in [1.54, 1.807) is 6.07 Å². The van der Waals surface area contributed by atoms with E-state index >= 15 is 0 Å². The summed E-state index contributed by atoms with van der Waals surface area (Å²) in [5.74, 6) is 1.21. The van der Waals surface area contributed by atoms with Crippen LogP contribution < -0.4 is 10.1 Å². The first kappa shape index (κ1) is 19.5. The number of piperidine rings is 1.